The molecule has 2 heterocycles. The Hall–Kier alpha value is -2.62. The van der Waals surface area contributed by atoms with Crippen LogP contribution >= 0.6 is 11.6 Å². The highest BCUT2D eigenvalue weighted by Gasteiger charge is 2.41. The first-order valence-corrected chi connectivity index (χ1v) is 12.1. The number of rotatable bonds is 4. The van der Waals surface area contributed by atoms with Gasteiger partial charge in [0.25, 0.3) is 5.91 Å². The van der Waals surface area contributed by atoms with E-state index in [-0.39, 0.29) is 23.1 Å². The third-order valence-corrected chi connectivity index (χ3v) is 8.04. The molecule has 2 aliphatic rings. The molecule has 0 bridgehead atoms. The molecule has 0 saturated carbocycles. The molecule has 0 aromatic heterocycles. The molecule has 4 rings (SSSR count). The predicted molar refractivity (Wildman–Crippen MR) is 122 cm³/mol. The van der Waals surface area contributed by atoms with Gasteiger partial charge in [-0.2, -0.15) is 4.31 Å². The van der Waals surface area contributed by atoms with Gasteiger partial charge in [0.05, 0.1) is 10.6 Å². The molecule has 2 atom stereocenters. The van der Waals surface area contributed by atoms with E-state index in [0.29, 0.717) is 34.8 Å². The van der Waals surface area contributed by atoms with Crippen LogP contribution in [0.4, 0.5) is 11.4 Å². The summed E-state index contributed by atoms with van der Waals surface area (Å²) in [5.74, 6) is -0.402. The number of halogens is 1. The van der Waals surface area contributed by atoms with Gasteiger partial charge in [-0.3, -0.25) is 9.59 Å². The molecular weight excluding hydrogens is 454 g/mol. The van der Waals surface area contributed by atoms with Gasteiger partial charge in [0.2, 0.25) is 15.9 Å². The minimum Gasteiger partial charge on any atom is -0.479 e. The minimum atomic E-state index is -3.98. The van der Waals surface area contributed by atoms with Gasteiger partial charge in [-0.25, -0.2) is 8.42 Å². The molecule has 1 saturated heterocycles. The topological polar surface area (TPSA) is 105 Å². The Morgan fingerprint density at radius 1 is 1.22 bits per heavy atom. The smallest absolute Gasteiger partial charge is 0.265 e. The van der Waals surface area contributed by atoms with Crippen molar-refractivity contribution in [3.63, 3.8) is 0 Å². The molecule has 2 N–H and O–H groups in total. The lowest BCUT2D eigenvalue weighted by atomic mass is 10.1. The molecule has 0 radical (unpaired) electrons. The van der Waals surface area contributed by atoms with Crippen LogP contribution < -0.4 is 15.4 Å². The summed E-state index contributed by atoms with van der Waals surface area (Å²) in [6.45, 7) is 5.31. The van der Waals surface area contributed by atoms with Crippen molar-refractivity contribution in [2.45, 2.75) is 50.7 Å². The van der Waals surface area contributed by atoms with E-state index in [1.165, 1.54) is 10.4 Å². The van der Waals surface area contributed by atoms with E-state index in [1.807, 2.05) is 6.92 Å². The van der Waals surface area contributed by atoms with E-state index in [9.17, 15) is 18.0 Å². The lowest BCUT2D eigenvalue weighted by Gasteiger charge is -2.27. The van der Waals surface area contributed by atoms with E-state index in [1.54, 1.807) is 38.1 Å². The number of nitrogens with zero attached hydrogens (tertiary/aromatic N) is 1. The van der Waals surface area contributed by atoms with Gasteiger partial charge < -0.3 is 15.4 Å². The molecule has 32 heavy (non-hydrogen) atoms. The van der Waals surface area contributed by atoms with Crippen molar-refractivity contribution in [3.05, 3.63) is 46.5 Å². The first-order chi connectivity index (χ1) is 15.1. The molecule has 170 valence electrons. The first kappa shape index (κ1) is 22.6. The number of hydrogen-bond acceptors (Lipinski definition) is 5. The van der Waals surface area contributed by atoms with Crippen LogP contribution in [0.1, 0.15) is 30.9 Å². The Kier molecular flexibility index (Phi) is 5.91. The molecular formula is C22H24ClN3O5S. The Labute approximate surface area is 191 Å². The summed E-state index contributed by atoms with van der Waals surface area (Å²) < 4.78 is 33.9. The Balaban J connectivity index is 1.63. The van der Waals surface area contributed by atoms with Crippen molar-refractivity contribution in [2.24, 2.45) is 0 Å². The third-order valence-electron chi connectivity index (χ3n) is 5.76. The first-order valence-electron chi connectivity index (χ1n) is 10.3. The molecule has 2 aromatic carbocycles. The normalized spacial score (nSPS) is 20.9. The average Bonchev–Trinajstić information content (AvgIpc) is 3.22. The molecule has 0 spiro atoms. The number of nitrogens with one attached hydrogen (secondary N) is 2. The van der Waals surface area contributed by atoms with Gasteiger partial charge in [-0.1, -0.05) is 17.7 Å². The zero-order chi connectivity index (χ0) is 23.2. The standard InChI is InChI=1S/C22H24ClN3O5S/c1-12-6-7-15(23)10-16(12)24-22(28)18-5-4-8-26(18)32(29,30)20-11-19-17(9-13(20)2)25-21(27)14(3)31-19/h6-7,9-11,14,18H,4-5,8H2,1-3H3,(H,24,28)(H,25,27)/t14-,18+/m1/s1. The van der Waals surface area contributed by atoms with Crippen LogP contribution in [0.2, 0.25) is 5.02 Å². The number of ether oxygens (including phenoxy) is 1. The van der Waals surface area contributed by atoms with Gasteiger partial charge in [0.1, 0.15) is 11.8 Å². The average molecular weight is 478 g/mol. The number of sulfonamides is 1. The second-order valence-corrected chi connectivity index (χ2v) is 10.4. The van der Waals surface area contributed by atoms with Gasteiger partial charge in [0, 0.05) is 23.3 Å². The molecule has 0 unspecified atom stereocenters. The lowest BCUT2D eigenvalue weighted by molar-refractivity contribution is -0.122. The van der Waals surface area contributed by atoms with Crippen LogP contribution in [0.15, 0.2) is 35.2 Å². The summed E-state index contributed by atoms with van der Waals surface area (Å²) in [6.07, 6.45) is 0.254. The molecule has 8 nitrogen and oxygen atoms in total. The van der Waals surface area contributed by atoms with Crippen LogP contribution in [-0.4, -0.2) is 43.2 Å². The molecule has 2 amide bonds. The number of carbonyl (C=O) groups is 2. The zero-order valence-corrected chi connectivity index (χ0v) is 19.5. The van der Waals surface area contributed by atoms with E-state index in [4.69, 9.17) is 16.3 Å². The summed E-state index contributed by atoms with van der Waals surface area (Å²) in [6, 6.07) is 7.31. The van der Waals surface area contributed by atoms with Crippen molar-refractivity contribution < 1.29 is 22.7 Å². The third kappa shape index (κ3) is 4.07. The summed E-state index contributed by atoms with van der Waals surface area (Å²) in [4.78, 5) is 24.9. The Morgan fingerprint density at radius 3 is 2.72 bits per heavy atom. The van der Waals surface area contributed by atoms with Crippen molar-refractivity contribution in [1.82, 2.24) is 4.31 Å². The highest BCUT2D eigenvalue weighted by molar-refractivity contribution is 7.89. The van der Waals surface area contributed by atoms with Crippen molar-refractivity contribution >= 4 is 44.8 Å². The quantitative estimate of drug-likeness (QED) is 0.701. The Bertz CT molecular complexity index is 1210. The van der Waals surface area contributed by atoms with Gasteiger partial charge >= 0.3 is 0 Å². The van der Waals surface area contributed by atoms with Crippen LogP contribution in [0, 0.1) is 13.8 Å². The number of anilines is 2. The number of fused-ring (bicyclic) bond motifs is 1. The van der Waals surface area contributed by atoms with E-state index < -0.39 is 28.1 Å². The number of aryl methyl sites for hydroxylation is 2. The molecule has 1 fully saturated rings. The van der Waals surface area contributed by atoms with Crippen LogP contribution in [0.3, 0.4) is 0 Å². The summed E-state index contributed by atoms with van der Waals surface area (Å²) in [5, 5.41) is 6.02. The van der Waals surface area contributed by atoms with Crippen molar-refractivity contribution in [3.8, 4) is 5.75 Å². The van der Waals surface area contributed by atoms with E-state index >= 15 is 0 Å². The lowest BCUT2D eigenvalue weighted by Crippen LogP contribution is -2.43. The number of carbonyl (C=O) groups excluding carboxylic acids is 2. The second-order valence-electron chi connectivity index (χ2n) is 8.09. The molecule has 0 aliphatic carbocycles. The number of benzene rings is 2. The molecule has 2 aromatic rings. The Morgan fingerprint density at radius 2 is 1.97 bits per heavy atom. The fourth-order valence-corrected chi connectivity index (χ4v) is 6.03. The minimum absolute atomic E-state index is 0.0539. The maximum absolute atomic E-state index is 13.6. The van der Waals surface area contributed by atoms with Gasteiger partial charge in [0.15, 0.2) is 6.10 Å². The van der Waals surface area contributed by atoms with Crippen LogP contribution in [0.25, 0.3) is 0 Å². The fraction of sp³-hybridized carbons (Fsp3) is 0.364. The van der Waals surface area contributed by atoms with Gasteiger partial charge in [-0.05, 0) is 62.9 Å². The summed E-state index contributed by atoms with van der Waals surface area (Å²) >= 11 is 6.04. The predicted octanol–water partition coefficient (Wildman–Crippen LogP) is 3.47. The highest BCUT2D eigenvalue weighted by atomic mass is 35.5. The second kappa shape index (κ2) is 8.38. The van der Waals surface area contributed by atoms with Crippen molar-refractivity contribution in [2.75, 3.05) is 17.2 Å². The monoisotopic (exact) mass is 477 g/mol. The largest absolute Gasteiger partial charge is 0.479 e. The zero-order valence-electron chi connectivity index (χ0n) is 17.9. The summed E-state index contributed by atoms with van der Waals surface area (Å²) in [5.41, 5.74) is 2.26. The maximum atomic E-state index is 13.6. The SMILES string of the molecule is Cc1ccc(Cl)cc1NC(=O)[C@@H]1CCCN1S(=O)(=O)c1cc2c(cc1C)NC(=O)[C@@H](C)O2. The maximum Gasteiger partial charge on any atom is 0.265 e. The number of hydrogen-bond donors (Lipinski definition) is 2. The van der Waals surface area contributed by atoms with E-state index in [2.05, 4.69) is 10.6 Å². The fourth-order valence-electron chi connectivity index (χ4n) is 3.98. The van der Waals surface area contributed by atoms with Crippen LogP contribution in [-0.2, 0) is 19.6 Å². The van der Waals surface area contributed by atoms with Gasteiger partial charge in [-0.15, -0.1) is 0 Å². The number of amides is 2. The summed E-state index contributed by atoms with van der Waals surface area (Å²) in [7, 11) is -3.98. The van der Waals surface area contributed by atoms with E-state index in [0.717, 1.165) is 5.56 Å². The molecule has 10 heteroatoms. The van der Waals surface area contributed by atoms with Crippen molar-refractivity contribution in [1.29, 1.82) is 0 Å². The molecule has 2 aliphatic heterocycles. The highest BCUT2D eigenvalue weighted by Crippen LogP contribution is 2.37. The van der Waals surface area contributed by atoms with Crippen LogP contribution in [0.5, 0.6) is 5.75 Å².